The maximum absolute atomic E-state index is 11.7. The second-order valence-corrected chi connectivity index (χ2v) is 3.45. The van der Waals surface area contributed by atoms with Gasteiger partial charge in [-0.2, -0.15) is 0 Å². The Morgan fingerprint density at radius 2 is 2.44 bits per heavy atom. The van der Waals surface area contributed by atoms with Crippen LogP contribution in [-0.4, -0.2) is 22.8 Å². The molecule has 0 saturated carbocycles. The molecule has 4 nitrogen and oxygen atoms in total. The molecule has 1 rings (SSSR count). The summed E-state index contributed by atoms with van der Waals surface area (Å²) in [4.78, 5) is 24.3. The minimum absolute atomic E-state index is 0.174. The van der Waals surface area contributed by atoms with E-state index in [4.69, 9.17) is 12.2 Å². The highest BCUT2D eigenvalue weighted by atomic mass is 16.2. The highest BCUT2D eigenvalue weighted by molar-refractivity contribution is 5.88. The molecule has 0 aromatic heterocycles. The minimum atomic E-state index is -0.603. The van der Waals surface area contributed by atoms with E-state index in [9.17, 15) is 9.59 Å². The molecule has 4 heteroatoms. The average molecular weight is 218 g/mol. The molecule has 0 aromatic carbocycles. The summed E-state index contributed by atoms with van der Waals surface area (Å²) in [5.41, 5.74) is 5.87. The van der Waals surface area contributed by atoms with E-state index in [-0.39, 0.29) is 12.3 Å². The zero-order valence-corrected chi connectivity index (χ0v) is 9.14. The number of nitrogens with two attached hydrogens (primary N) is 1. The van der Waals surface area contributed by atoms with E-state index >= 15 is 0 Å². The van der Waals surface area contributed by atoms with Gasteiger partial charge in [-0.05, 0) is 12.5 Å². The molecule has 84 valence electrons. The van der Waals surface area contributed by atoms with Gasteiger partial charge in [-0.15, -0.1) is 6.42 Å². The fraction of sp³-hybridized carbons (Fsp3) is 0.333. The first kappa shape index (κ1) is 12.1. The fourth-order valence-corrected chi connectivity index (χ4v) is 1.53. The van der Waals surface area contributed by atoms with E-state index in [0.29, 0.717) is 12.0 Å². The minimum Gasteiger partial charge on any atom is -0.368 e. The monoisotopic (exact) mass is 218 g/mol. The standard InChI is InChI=1S/C12H14N2O2/c1-3-9-5-6-11(15)14(8-7-9)10(4-2)12(13)16/h1,5,7-8,10H,4,6H2,2H3,(H2,13,16). The maximum atomic E-state index is 11.7. The van der Waals surface area contributed by atoms with Gasteiger partial charge in [-0.1, -0.05) is 18.9 Å². The number of rotatable bonds is 3. The van der Waals surface area contributed by atoms with Crippen molar-refractivity contribution in [3.05, 3.63) is 23.9 Å². The van der Waals surface area contributed by atoms with Gasteiger partial charge in [0.05, 0.1) is 0 Å². The second-order valence-electron chi connectivity index (χ2n) is 3.45. The van der Waals surface area contributed by atoms with Gasteiger partial charge in [0, 0.05) is 18.2 Å². The lowest BCUT2D eigenvalue weighted by molar-refractivity contribution is -0.135. The van der Waals surface area contributed by atoms with Crippen LogP contribution in [-0.2, 0) is 9.59 Å². The Bertz CT molecular complexity index is 402. The average Bonchev–Trinajstić information content (AvgIpc) is 2.43. The molecule has 0 aromatic rings. The third-order valence-corrected chi connectivity index (χ3v) is 2.42. The van der Waals surface area contributed by atoms with Crippen molar-refractivity contribution in [2.45, 2.75) is 25.8 Å². The number of terminal acetylenes is 1. The highest BCUT2D eigenvalue weighted by Gasteiger charge is 2.25. The predicted molar refractivity (Wildman–Crippen MR) is 60.8 cm³/mol. The van der Waals surface area contributed by atoms with E-state index in [1.54, 1.807) is 19.1 Å². The molecule has 16 heavy (non-hydrogen) atoms. The number of primary amides is 1. The molecule has 2 N–H and O–H groups in total. The van der Waals surface area contributed by atoms with Crippen molar-refractivity contribution in [2.75, 3.05) is 0 Å². The topological polar surface area (TPSA) is 63.4 Å². The molecular formula is C12H14N2O2. The van der Waals surface area contributed by atoms with Gasteiger partial charge < -0.3 is 10.6 Å². The van der Waals surface area contributed by atoms with Gasteiger partial charge in [0.1, 0.15) is 6.04 Å². The largest absolute Gasteiger partial charge is 0.368 e. The molecular weight excluding hydrogens is 204 g/mol. The first-order chi connectivity index (χ1) is 7.60. The number of carbonyl (C=O) groups excluding carboxylic acids is 2. The molecule has 0 aliphatic carbocycles. The van der Waals surface area contributed by atoms with Gasteiger partial charge in [0.2, 0.25) is 11.8 Å². The van der Waals surface area contributed by atoms with Crippen molar-refractivity contribution < 1.29 is 9.59 Å². The lowest BCUT2D eigenvalue weighted by Crippen LogP contribution is -2.44. The van der Waals surface area contributed by atoms with E-state index in [0.717, 1.165) is 0 Å². The van der Waals surface area contributed by atoms with E-state index in [1.807, 2.05) is 0 Å². The summed E-state index contributed by atoms with van der Waals surface area (Å²) in [5, 5.41) is 0. The lowest BCUT2D eigenvalue weighted by Gasteiger charge is -2.24. The summed E-state index contributed by atoms with van der Waals surface area (Å²) in [7, 11) is 0. The molecule has 0 spiro atoms. The Morgan fingerprint density at radius 3 is 2.94 bits per heavy atom. The van der Waals surface area contributed by atoms with Crippen molar-refractivity contribution in [2.24, 2.45) is 5.73 Å². The fourth-order valence-electron chi connectivity index (χ4n) is 1.53. The number of allylic oxidation sites excluding steroid dienone is 2. The van der Waals surface area contributed by atoms with Crippen LogP contribution in [0, 0.1) is 12.3 Å². The van der Waals surface area contributed by atoms with Gasteiger partial charge in [0.15, 0.2) is 0 Å². The second kappa shape index (κ2) is 5.17. The van der Waals surface area contributed by atoms with Gasteiger partial charge in [-0.3, -0.25) is 9.59 Å². The summed E-state index contributed by atoms with van der Waals surface area (Å²) in [6.45, 7) is 1.80. The molecule has 1 heterocycles. The van der Waals surface area contributed by atoms with Crippen molar-refractivity contribution in [1.82, 2.24) is 4.90 Å². The summed E-state index contributed by atoms with van der Waals surface area (Å²) < 4.78 is 0. The molecule has 1 aliphatic rings. The molecule has 2 amide bonds. The summed E-state index contributed by atoms with van der Waals surface area (Å²) in [6, 6.07) is -0.603. The van der Waals surface area contributed by atoms with Crippen LogP contribution in [0.5, 0.6) is 0 Å². The first-order valence-electron chi connectivity index (χ1n) is 5.05. The van der Waals surface area contributed by atoms with Crippen LogP contribution in [0.3, 0.4) is 0 Å². The van der Waals surface area contributed by atoms with E-state index < -0.39 is 11.9 Å². The maximum Gasteiger partial charge on any atom is 0.240 e. The van der Waals surface area contributed by atoms with Gasteiger partial charge in [-0.25, -0.2) is 0 Å². The number of hydrogen-bond donors (Lipinski definition) is 1. The van der Waals surface area contributed by atoms with Crippen LogP contribution in [0.25, 0.3) is 0 Å². The summed E-state index contributed by atoms with van der Waals surface area (Å²) >= 11 is 0. The van der Waals surface area contributed by atoms with Crippen molar-refractivity contribution >= 4 is 11.8 Å². The summed E-state index contributed by atoms with van der Waals surface area (Å²) in [6.07, 6.45) is 10.7. The first-order valence-corrected chi connectivity index (χ1v) is 5.05. The number of hydrogen-bond acceptors (Lipinski definition) is 2. The zero-order valence-electron chi connectivity index (χ0n) is 9.14. The van der Waals surface area contributed by atoms with Crippen molar-refractivity contribution in [3.8, 4) is 12.3 Å². The normalized spacial score (nSPS) is 17.4. The van der Waals surface area contributed by atoms with Crippen LogP contribution in [0.4, 0.5) is 0 Å². The molecule has 1 unspecified atom stereocenters. The molecule has 0 fully saturated rings. The van der Waals surface area contributed by atoms with Crippen LogP contribution in [0.15, 0.2) is 23.9 Å². The van der Waals surface area contributed by atoms with Crippen LogP contribution in [0.2, 0.25) is 0 Å². The number of carbonyl (C=O) groups is 2. The molecule has 1 aliphatic heterocycles. The quantitative estimate of drug-likeness (QED) is 0.703. The predicted octanol–water partition coefficient (Wildman–Crippen LogP) is 0.556. The van der Waals surface area contributed by atoms with Crippen LogP contribution < -0.4 is 5.73 Å². The molecule has 0 radical (unpaired) electrons. The van der Waals surface area contributed by atoms with Crippen molar-refractivity contribution in [3.63, 3.8) is 0 Å². The molecule has 0 saturated heterocycles. The van der Waals surface area contributed by atoms with Crippen LogP contribution >= 0.6 is 0 Å². The number of nitrogens with zero attached hydrogens (tertiary/aromatic N) is 1. The van der Waals surface area contributed by atoms with E-state index in [1.165, 1.54) is 11.1 Å². The van der Waals surface area contributed by atoms with E-state index in [2.05, 4.69) is 5.92 Å². The lowest BCUT2D eigenvalue weighted by atomic mass is 10.2. The smallest absolute Gasteiger partial charge is 0.240 e. The molecule has 0 bridgehead atoms. The number of amides is 2. The van der Waals surface area contributed by atoms with Gasteiger partial charge >= 0.3 is 0 Å². The Hall–Kier alpha value is -2.02. The highest BCUT2D eigenvalue weighted by Crippen LogP contribution is 2.13. The van der Waals surface area contributed by atoms with Gasteiger partial charge in [0.25, 0.3) is 0 Å². The third-order valence-electron chi connectivity index (χ3n) is 2.42. The van der Waals surface area contributed by atoms with Crippen molar-refractivity contribution in [1.29, 1.82) is 0 Å². The Kier molecular flexibility index (Phi) is 3.90. The Morgan fingerprint density at radius 1 is 1.75 bits per heavy atom. The van der Waals surface area contributed by atoms with Crippen LogP contribution in [0.1, 0.15) is 19.8 Å². The zero-order chi connectivity index (χ0) is 12.1. The molecule has 1 atom stereocenters. The summed E-state index contributed by atoms with van der Waals surface area (Å²) in [5.74, 6) is 1.77. The third kappa shape index (κ3) is 2.51. The SMILES string of the molecule is C#CC1=CCC(=O)N(C(CC)C(N)=O)C=C1. The Balaban J connectivity index is 2.95. The Labute approximate surface area is 94.8 Å².